The number of rotatable bonds is 4. The Labute approximate surface area is 133 Å². The Hall–Kier alpha value is -2.21. The Kier molecular flexibility index (Phi) is 4.20. The second kappa shape index (κ2) is 6.27. The molecule has 5 nitrogen and oxygen atoms in total. The van der Waals surface area contributed by atoms with E-state index >= 15 is 0 Å². The zero-order chi connectivity index (χ0) is 15.5. The van der Waals surface area contributed by atoms with Crippen molar-refractivity contribution in [3.63, 3.8) is 0 Å². The van der Waals surface area contributed by atoms with Crippen molar-refractivity contribution in [2.45, 2.75) is 12.8 Å². The topological polar surface area (TPSA) is 62.3 Å². The predicted molar refractivity (Wildman–Crippen MR) is 85.7 cm³/mol. The van der Waals surface area contributed by atoms with E-state index in [1.54, 1.807) is 11.9 Å². The molecule has 0 radical (unpaired) electrons. The van der Waals surface area contributed by atoms with Gasteiger partial charge < -0.3 is 10.2 Å². The van der Waals surface area contributed by atoms with Crippen molar-refractivity contribution in [2.75, 3.05) is 18.9 Å². The fourth-order valence-corrected chi connectivity index (χ4v) is 3.21. The van der Waals surface area contributed by atoms with Crippen LogP contribution in [0.2, 0.25) is 0 Å². The number of carbonyl (C=O) groups excluding carboxylic acids is 2. The summed E-state index contributed by atoms with van der Waals surface area (Å²) in [6.45, 7) is 0.479. The molecule has 0 saturated carbocycles. The summed E-state index contributed by atoms with van der Waals surface area (Å²) in [7, 11) is 1.72. The molecular weight excluding hydrogens is 298 g/mol. The zero-order valence-electron chi connectivity index (χ0n) is 12.3. The van der Waals surface area contributed by atoms with E-state index in [4.69, 9.17) is 0 Å². The van der Waals surface area contributed by atoms with Crippen LogP contribution in [0.3, 0.4) is 0 Å². The summed E-state index contributed by atoms with van der Waals surface area (Å²) in [5.41, 5.74) is 2.12. The van der Waals surface area contributed by atoms with E-state index in [1.165, 1.54) is 16.9 Å². The highest BCUT2D eigenvalue weighted by Gasteiger charge is 2.32. The van der Waals surface area contributed by atoms with Gasteiger partial charge in [-0.25, -0.2) is 4.98 Å². The van der Waals surface area contributed by atoms with Gasteiger partial charge in [0.2, 0.25) is 11.8 Å². The number of nitrogens with one attached hydrogen (secondary N) is 1. The van der Waals surface area contributed by atoms with Gasteiger partial charge >= 0.3 is 0 Å². The average Bonchev–Trinajstić information content (AvgIpc) is 3.07. The lowest BCUT2D eigenvalue weighted by molar-refractivity contribution is -0.127. The van der Waals surface area contributed by atoms with E-state index in [0.29, 0.717) is 11.7 Å². The molecule has 1 saturated heterocycles. The number of benzene rings is 1. The zero-order valence-corrected chi connectivity index (χ0v) is 13.1. The summed E-state index contributed by atoms with van der Waals surface area (Å²) in [5, 5.41) is 5.37. The molecule has 1 fully saturated rings. The molecule has 0 bridgehead atoms. The first kappa shape index (κ1) is 14.7. The summed E-state index contributed by atoms with van der Waals surface area (Å²) in [6.07, 6.45) is 1.03. The van der Waals surface area contributed by atoms with Gasteiger partial charge in [0.15, 0.2) is 5.13 Å². The minimum Gasteiger partial charge on any atom is -0.345 e. The van der Waals surface area contributed by atoms with Crippen LogP contribution >= 0.6 is 11.3 Å². The molecule has 1 aromatic carbocycles. The summed E-state index contributed by atoms with van der Waals surface area (Å²) in [5.74, 6) is -0.388. The molecule has 22 heavy (non-hydrogen) atoms. The Morgan fingerprint density at radius 2 is 2.18 bits per heavy atom. The monoisotopic (exact) mass is 315 g/mol. The van der Waals surface area contributed by atoms with E-state index in [-0.39, 0.29) is 24.2 Å². The third-order valence-corrected chi connectivity index (χ3v) is 4.53. The van der Waals surface area contributed by atoms with Crippen LogP contribution in [-0.2, 0) is 16.0 Å². The van der Waals surface area contributed by atoms with Gasteiger partial charge in [-0.2, -0.15) is 0 Å². The van der Waals surface area contributed by atoms with E-state index in [9.17, 15) is 9.59 Å². The third-order valence-electron chi connectivity index (χ3n) is 3.72. The number of nitrogens with zero attached hydrogens (tertiary/aromatic N) is 2. The number of likely N-dealkylation sites (tertiary alicyclic amines) is 1. The SMILES string of the molecule is CN1CC(C(=O)Nc2nc(Cc3ccccc3)cs2)CC1=O. The number of amides is 2. The molecule has 6 heteroatoms. The molecule has 2 heterocycles. The van der Waals surface area contributed by atoms with Gasteiger partial charge in [-0.1, -0.05) is 30.3 Å². The number of carbonyl (C=O) groups is 2. The second-order valence-corrected chi connectivity index (χ2v) is 6.33. The molecule has 1 aliphatic heterocycles. The normalized spacial score (nSPS) is 17.8. The van der Waals surface area contributed by atoms with Crippen LogP contribution in [0.15, 0.2) is 35.7 Å². The van der Waals surface area contributed by atoms with Crippen molar-refractivity contribution in [3.8, 4) is 0 Å². The highest BCUT2D eigenvalue weighted by atomic mass is 32.1. The maximum atomic E-state index is 12.2. The lowest BCUT2D eigenvalue weighted by Gasteiger charge is -2.09. The number of anilines is 1. The van der Waals surface area contributed by atoms with Gasteiger partial charge in [0.05, 0.1) is 11.6 Å². The van der Waals surface area contributed by atoms with E-state index in [1.807, 2.05) is 23.6 Å². The fraction of sp³-hybridized carbons (Fsp3) is 0.312. The Morgan fingerprint density at radius 1 is 1.41 bits per heavy atom. The standard InChI is InChI=1S/C16H17N3O2S/c1-19-9-12(8-14(19)20)15(21)18-16-17-13(10-22-16)7-11-5-3-2-4-6-11/h2-6,10,12H,7-9H2,1H3,(H,17,18,21). The van der Waals surface area contributed by atoms with Crippen molar-refractivity contribution in [2.24, 2.45) is 5.92 Å². The molecule has 1 atom stereocenters. The summed E-state index contributed by atoms with van der Waals surface area (Å²) in [6, 6.07) is 10.1. The molecule has 2 aromatic rings. The van der Waals surface area contributed by atoms with Gasteiger partial charge in [-0.3, -0.25) is 9.59 Å². The quantitative estimate of drug-likeness (QED) is 0.940. The Balaban J connectivity index is 1.60. The van der Waals surface area contributed by atoms with Gasteiger partial charge in [0.25, 0.3) is 0 Å². The number of aromatic nitrogens is 1. The van der Waals surface area contributed by atoms with Crippen molar-refractivity contribution in [3.05, 3.63) is 47.0 Å². The first-order valence-corrected chi connectivity index (χ1v) is 8.03. The largest absolute Gasteiger partial charge is 0.345 e. The van der Waals surface area contributed by atoms with Crippen molar-refractivity contribution in [1.29, 1.82) is 0 Å². The van der Waals surface area contributed by atoms with Gasteiger partial charge in [-0.05, 0) is 5.56 Å². The van der Waals surface area contributed by atoms with Crippen LogP contribution in [-0.4, -0.2) is 35.3 Å². The minimum atomic E-state index is -0.279. The Morgan fingerprint density at radius 3 is 2.86 bits per heavy atom. The molecule has 114 valence electrons. The van der Waals surface area contributed by atoms with Crippen LogP contribution in [0.4, 0.5) is 5.13 Å². The highest BCUT2D eigenvalue weighted by Crippen LogP contribution is 2.21. The number of hydrogen-bond acceptors (Lipinski definition) is 4. The number of thiazole rings is 1. The highest BCUT2D eigenvalue weighted by molar-refractivity contribution is 7.13. The molecule has 0 aliphatic carbocycles. The maximum absolute atomic E-state index is 12.2. The van der Waals surface area contributed by atoms with E-state index in [0.717, 1.165) is 12.1 Å². The fourth-order valence-electron chi connectivity index (χ4n) is 2.50. The lowest BCUT2D eigenvalue weighted by Crippen LogP contribution is -2.25. The smallest absolute Gasteiger partial charge is 0.231 e. The summed E-state index contributed by atoms with van der Waals surface area (Å²) < 4.78 is 0. The maximum Gasteiger partial charge on any atom is 0.231 e. The lowest BCUT2D eigenvalue weighted by atomic mass is 10.1. The van der Waals surface area contributed by atoms with Crippen LogP contribution in [0.5, 0.6) is 0 Å². The first-order valence-electron chi connectivity index (χ1n) is 7.15. The molecule has 2 amide bonds. The Bertz CT molecular complexity index is 684. The molecule has 1 aliphatic rings. The molecule has 0 spiro atoms. The van der Waals surface area contributed by atoms with Crippen molar-refractivity contribution in [1.82, 2.24) is 9.88 Å². The van der Waals surface area contributed by atoms with E-state index < -0.39 is 0 Å². The van der Waals surface area contributed by atoms with Crippen LogP contribution < -0.4 is 5.32 Å². The van der Waals surface area contributed by atoms with E-state index in [2.05, 4.69) is 22.4 Å². The number of hydrogen-bond donors (Lipinski definition) is 1. The van der Waals surface area contributed by atoms with Gasteiger partial charge in [-0.15, -0.1) is 11.3 Å². The van der Waals surface area contributed by atoms with Crippen LogP contribution in [0.1, 0.15) is 17.7 Å². The second-order valence-electron chi connectivity index (χ2n) is 5.47. The predicted octanol–water partition coefficient (Wildman–Crippen LogP) is 2.15. The molecule has 3 rings (SSSR count). The third kappa shape index (κ3) is 3.33. The molecule has 1 aromatic heterocycles. The van der Waals surface area contributed by atoms with Crippen molar-refractivity contribution < 1.29 is 9.59 Å². The van der Waals surface area contributed by atoms with Gasteiger partial charge in [0, 0.05) is 31.8 Å². The average molecular weight is 315 g/mol. The first-order chi connectivity index (χ1) is 10.6. The molecule has 1 N–H and O–H groups in total. The molecule has 1 unspecified atom stereocenters. The molecular formula is C16H17N3O2S. The summed E-state index contributed by atoms with van der Waals surface area (Å²) in [4.78, 5) is 29.7. The summed E-state index contributed by atoms with van der Waals surface area (Å²) >= 11 is 1.42. The minimum absolute atomic E-state index is 0.0176. The van der Waals surface area contributed by atoms with Crippen LogP contribution in [0, 0.1) is 5.92 Å². The van der Waals surface area contributed by atoms with Gasteiger partial charge in [0.1, 0.15) is 0 Å². The van der Waals surface area contributed by atoms with Crippen LogP contribution in [0.25, 0.3) is 0 Å². The van der Waals surface area contributed by atoms with Crippen molar-refractivity contribution >= 4 is 28.3 Å².